The van der Waals surface area contributed by atoms with Crippen LogP contribution in [0.4, 0.5) is 0 Å². The fraction of sp³-hybridized carbons (Fsp3) is 0.333. The topological polar surface area (TPSA) is 44.1 Å². The number of carbonyl (C=O) groups is 1. The molecular weight excluding hydrogens is 356 g/mol. The predicted molar refractivity (Wildman–Crippen MR) is 86.2 cm³/mol. The number of carbonyl (C=O) groups excluding carboxylic acids is 1. The second-order valence-electron chi connectivity index (χ2n) is 4.44. The fourth-order valence-electron chi connectivity index (χ4n) is 2.07. The van der Waals surface area contributed by atoms with Gasteiger partial charge in [-0.25, -0.2) is 0 Å². The van der Waals surface area contributed by atoms with Gasteiger partial charge in [0.2, 0.25) is 0 Å². The summed E-state index contributed by atoms with van der Waals surface area (Å²) in [6.07, 6.45) is 1.55. The number of benzene rings is 1. The highest BCUT2D eigenvalue weighted by Crippen LogP contribution is 2.30. The van der Waals surface area contributed by atoms with Crippen LogP contribution in [0.1, 0.15) is 35.6 Å². The highest BCUT2D eigenvalue weighted by molar-refractivity contribution is 9.10. The van der Waals surface area contributed by atoms with Gasteiger partial charge in [0, 0.05) is 6.54 Å². The number of para-hydroxylation sites is 1. The smallest absolute Gasteiger partial charge is 0.153 e. The number of rotatable bonds is 6. The van der Waals surface area contributed by atoms with Gasteiger partial charge in [-0.1, -0.05) is 24.6 Å². The monoisotopic (exact) mass is 370 g/mol. The summed E-state index contributed by atoms with van der Waals surface area (Å²) >= 11 is 9.74. The van der Waals surface area contributed by atoms with E-state index in [1.807, 2.05) is 24.6 Å². The summed E-state index contributed by atoms with van der Waals surface area (Å²) in [6, 6.07) is 5.33. The van der Waals surface area contributed by atoms with Crippen molar-refractivity contribution >= 4 is 33.8 Å². The molecule has 0 unspecified atom stereocenters. The van der Waals surface area contributed by atoms with E-state index < -0.39 is 0 Å². The zero-order chi connectivity index (χ0) is 15.4. The normalized spacial score (nSPS) is 10.7. The molecule has 0 saturated carbocycles. The van der Waals surface area contributed by atoms with E-state index in [0.717, 1.165) is 35.1 Å². The number of hydrogen-bond acceptors (Lipinski definition) is 3. The number of ether oxygens (including phenoxy) is 1. The maximum absolute atomic E-state index is 11.1. The lowest BCUT2D eigenvalue weighted by molar-refractivity contribution is 0.111. The number of aryl methyl sites for hydroxylation is 2. The molecule has 1 aromatic heterocycles. The molecule has 0 aliphatic carbocycles. The molecule has 0 spiro atoms. The van der Waals surface area contributed by atoms with Gasteiger partial charge in [0.05, 0.1) is 26.4 Å². The van der Waals surface area contributed by atoms with Gasteiger partial charge in [0.25, 0.3) is 0 Å². The number of nitrogens with zero attached hydrogens (tertiary/aromatic N) is 2. The molecule has 0 N–H and O–H groups in total. The molecule has 0 amide bonds. The molecule has 112 valence electrons. The van der Waals surface area contributed by atoms with E-state index in [0.29, 0.717) is 16.3 Å². The first kappa shape index (κ1) is 16.0. The standard InChI is InChI=1S/C15H16BrClN2O2/c1-3-12-14(17)13(19(4-2)18-12)9-21-15-10(8-20)6-5-7-11(15)16/h5-8H,3-4,9H2,1-2H3. The molecule has 0 atom stereocenters. The third kappa shape index (κ3) is 3.30. The Kier molecular flexibility index (Phi) is 5.42. The molecule has 21 heavy (non-hydrogen) atoms. The molecule has 1 heterocycles. The summed E-state index contributed by atoms with van der Waals surface area (Å²) in [5.41, 5.74) is 2.18. The summed E-state index contributed by atoms with van der Waals surface area (Å²) in [5, 5.41) is 5.09. The van der Waals surface area contributed by atoms with Crippen LogP contribution in [0.25, 0.3) is 0 Å². The van der Waals surface area contributed by atoms with Crippen molar-refractivity contribution in [3.05, 3.63) is 44.6 Å². The molecule has 2 rings (SSSR count). The minimum Gasteiger partial charge on any atom is -0.485 e. The first-order valence-corrected chi connectivity index (χ1v) is 7.89. The van der Waals surface area contributed by atoms with Gasteiger partial charge in [-0.3, -0.25) is 9.48 Å². The molecule has 6 heteroatoms. The van der Waals surface area contributed by atoms with Gasteiger partial charge >= 0.3 is 0 Å². The van der Waals surface area contributed by atoms with Gasteiger partial charge in [-0.15, -0.1) is 0 Å². The molecule has 0 radical (unpaired) electrons. The lowest BCUT2D eigenvalue weighted by Gasteiger charge is -2.11. The predicted octanol–water partition coefficient (Wildman–Crippen LogP) is 4.27. The van der Waals surface area contributed by atoms with Crippen molar-refractivity contribution in [2.75, 3.05) is 0 Å². The summed E-state index contributed by atoms with van der Waals surface area (Å²) in [4.78, 5) is 11.1. The molecule has 0 aliphatic heterocycles. The van der Waals surface area contributed by atoms with Crippen molar-refractivity contribution in [3.63, 3.8) is 0 Å². The SMILES string of the molecule is CCc1nn(CC)c(COc2c(Br)cccc2C=O)c1Cl. The number of halogens is 2. The molecule has 0 aliphatic rings. The van der Waals surface area contributed by atoms with E-state index >= 15 is 0 Å². The average Bonchev–Trinajstić information content (AvgIpc) is 2.81. The van der Waals surface area contributed by atoms with Crippen LogP contribution in [-0.2, 0) is 19.6 Å². The van der Waals surface area contributed by atoms with Crippen molar-refractivity contribution in [1.29, 1.82) is 0 Å². The lowest BCUT2D eigenvalue weighted by Crippen LogP contribution is -2.07. The van der Waals surface area contributed by atoms with Gasteiger partial charge in [-0.05, 0) is 41.4 Å². The average molecular weight is 372 g/mol. The Morgan fingerprint density at radius 2 is 2.19 bits per heavy atom. The van der Waals surface area contributed by atoms with Crippen molar-refractivity contribution < 1.29 is 9.53 Å². The van der Waals surface area contributed by atoms with Crippen LogP contribution >= 0.6 is 27.5 Å². The Labute approximate surface area is 137 Å². The van der Waals surface area contributed by atoms with E-state index in [9.17, 15) is 4.79 Å². The van der Waals surface area contributed by atoms with Crippen molar-refractivity contribution in [2.24, 2.45) is 0 Å². The lowest BCUT2D eigenvalue weighted by atomic mass is 10.2. The van der Waals surface area contributed by atoms with Crippen molar-refractivity contribution in [1.82, 2.24) is 9.78 Å². The summed E-state index contributed by atoms with van der Waals surface area (Å²) < 4.78 is 8.37. The van der Waals surface area contributed by atoms with E-state index in [1.165, 1.54) is 0 Å². The third-order valence-electron chi connectivity index (χ3n) is 3.17. The van der Waals surface area contributed by atoms with Crippen molar-refractivity contribution in [2.45, 2.75) is 33.4 Å². The quantitative estimate of drug-likeness (QED) is 0.712. The van der Waals surface area contributed by atoms with E-state index in [-0.39, 0.29) is 6.61 Å². The van der Waals surface area contributed by atoms with Gasteiger partial charge < -0.3 is 4.74 Å². The third-order valence-corrected chi connectivity index (χ3v) is 4.23. The Morgan fingerprint density at radius 1 is 1.43 bits per heavy atom. The summed E-state index contributed by atoms with van der Waals surface area (Å²) in [6.45, 7) is 5.00. The number of aromatic nitrogens is 2. The van der Waals surface area contributed by atoms with Gasteiger partial charge in [0.1, 0.15) is 12.4 Å². The van der Waals surface area contributed by atoms with E-state index in [1.54, 1.807) is 12.1 Å². The largest absolute Gasteiger partial charge is 0.485 e. The van der Waals surface area contributed by atoms with Crippen molar-refractivity contribution in [3.8, 4) is 5.75 Å². The molecular formula is C15H16BrClN2O2. The maximum atomic E-state index is 11.1. The first-order valence-electron chi connectivity index (χ1n) is 6.72. The second kappa shape index (κ2) is 7.09. The molecule has 2 aromatic rings. The second-order valence-corrected chi connectivity index (χ2v) is 5.67. The first-order chi connectivity index (χ1) is 10.1. The highest BCUT2D eigenvalue weighted by atomic mass is 79.9. The van der Waals surface area contributed by atoms with Crippen LogP contribution in [0.3, 0.4) is 0 Å². The Morgan fingerprint density at radius 3 is 2.81 bits per heavy atom. The number of aldehydes is 1. The fourth-order valence-corrected chi connectivity index (χ4v) is 2.89. The van der Waals surface area contributed by atoms with Gasteiger partial charge in [-0.2, -0.15) is 5.10 Å². The zero-order valence-electron chi connectivity index (χ0n) is 11.9. The van der Waals surface area contributed by atoms with Crippen LogP contribution in [0.2, 0.25) is 5.02 Å². The number of hydrogen-bond donors (Lipinski definition) is 0. The van der Waals surface area contributed by atoms with E-state index in [4.69, 9.17) is 16.3 Å². The summed E-state index contributed by atoms with van der Waals surface area (Å²) in [5.74, 6) is 0.519. The van der Waals surface area contributed by atoms with Crippen LogP contribution < -0.4 is 4.74 Å². The molecule has 1 aromatic carbocycles. The van der Waals surface area contributed by atoms with Crippen LogP contribution in [0, 0.1) is 0 Å². The maximum Gasteiger partial charge on any atom is 0.153 e. The molecule has 4 nitrogen and oxygen atoms in total. The Bertz CT molecular complexity index is 655. The van der Waals surface area contributed by atoms with E-state index in [2.05, 4.69) is 21.0 Å². The Balaban J connectivity index is 2.28. The van der Waals surface area contributed by atoms with Crippen LogP contribution in [-0.4, -0.2) is 16.1 Å². The highest BCUT2D eigenvalue weighted by Gasteiger charge is 2.16. The summed E-state index contributed by atoms with van der Waals surface area (Å²) in [7, 11) is 0. The molecule has 0 bridgehead atoms. The molecule has 0 saturated heterocycles. The van der Waals surface area contributed by atoms with Crippen LogP contribution in [0.5, 0.6) is 5.75 Å². The Hall–Kier alpha value is -1.33. The molecule has 0 fully saturated rings. The van der Waals surface area contributed by atoms with Gasteiger partial charge in [0.15, 0.2) is 6.29 Å². The zero-order valence-corrected chi connectivity index (χ0v) is 14.2. The minimum atomic E-state index is 0.267. The van der Waals surface area contributed by atoms with Crippen LogP contribution in [0.15, 0.2) is 22.7 Å². The minimum absolute atomic E-state index is 0.267.